The second-order valence-electron chi connectivity index (χ2n) is 4.79. The Balaban J connectivity index is 2.16. The van der Waals surface area contributed by atoms with Crippen molar-refractivity contribution in [3.8, 4) is 5.75 Å². The van der Waals surface area contributed by atoms with Crippen LogP contribution >= 0.6 is 11.3 Å². The minimum absolute atomic E-state index is 0.101. The average molecular weight is 298 g/mol. The zero-order valence-corrected chi connectivity index (χ0v) is 13.0. The summed E-state index contributed by atoms with van der Waals surface area (Å²) in [5.74, 6) is 0.930. The number of rotatable bonds is 5. The first kappa shape index (κ1) is 14.0. The Hall–Kier alpha value is -1.91. The monoisotopic (exact) mass is 298 g/mol. The minimum Gasteiger partial charge on any atom is -0.496 e. The van der Waals surface area contributed by atoms with Gasteiger partial charge in [0, 0.05) is 23.3 Å². The fourth-order valence-electron chi connectivity index (χ4n) is 2.61. The molecular weight excluding hydrogens is 280 g/mol. The molecule has 1 unspecified atom stereocenters. The lowest BCUT2D eigenvalue weighted by atomic mass is 10.00. The maximum absolute atomic E-state index is 5.50. The van der Waals surface area contributed by atoms with Gasteiger partial charge in [-0.2, -0.15) is 0 Å². The number of aromatic nitrogens is 1. The second kappa shape index (κ2) is 6.24. The van der Waals surface area contributed by atoms with Crippen molar-refractivity contribution in [3.05, 3.63) is 58.5 Å². The number of hydrogen-bond acceptors (Lipinski definition) is 4. The maximum atomic E-state index is 5.50. The first-order chi connectivity index (χ1) is 10.3. The summed E-state index contributed by atoms with van der Waals surface area (Å²) in [6.07, 6.45) is 3.86. The molecule has 3 nitrogen and oxygen atoms in total. The molecule has 0 bridgehead atoms. The van der Waals surface area contributed by atoms with Crippen molar-refractivity contribution in [1.82, 2.24) is 10.3 Å². The van der Waals surface area contributed by atoms with Gasteiger partial charge in [-0.3, -0.25) is 4.98 Å². The second-order valence-corrected chi connectivity index (χ2v) is 5.74. The molecule has 3 rings (SSSR count). The van der Waals surface area contributed by atoms with Gasteiger partial charge in [0.1, 0.15) is 5.75 Å². The van der Waals surface area contributed by atoms with Crippen molar-refractivity contribution in [2.75, 3.05) is 13.7 Å². The highest BCUT2D eigenvalue weighted by molar-refractivity contribution is 7.10. The summed E-state index contributed by atoms with van der Waals surface area (Å²) >= 11 is 1.71. The van der Waals surface area contributed by atoms with E-state index in [9.17, 15) is 0 Å². The van der Waals surface area contributed by atoms with E-state index in [0.29, 0.717) is 0 Å². The number of nitrogens with one attached hydrogen (secondary N) is 1. The summed E-state index contributed by atoms with van der Waals surface area (Å²) < 4.78 is 5.50. The van der Waals surface area contributed by atoms with Crippen LogP contribution in [0.25, 0.3) is 10.8 Å². The number of fused-ring (bicyclic) bond motifs is 1. The van der Waals surface area contributed by atoms with E-state index in [-0.39, 0.29) is 6.04 Å². The molecule has 1 N–H and O–H groups in total. The van der Waals surface area contributed by atoms with Gasteiger partial charge in [0.05, 0.1) is 18.0 Å². The van der Waals surface area contributed by atoms with Crippen LogP contribution in [0.2, 0.25) is 0 Å². The van der Waals surface area contributed by atoms with Gasteiger partial charge < -0.3 is 10.1 Å². The van der Waals surface area contributed by atoms with Crippen molar-refractivity contribution in [2.24, 2.45) is 0 Å². The number of benzene rings is 1. The smallest absolute Gasteiger partial charge is 0.134 e. The van der Waals surface area contributed by atoms with Crippen LogP contribution in [0.3, 0.4) is 0 Å². The highest BCUT2D eigenvalue weighted by Crippen LogP contribution is 2.36. The lowest BCUT2D eigenvalue weighted by Gasteiger charge is -2.20. The zero-order valence-electron chi connectivity index (χ0n) is 12.2. The van der Waals surface area contributed by atoms with Gasteiger partial charge in [-0.25, -0.2) is 0 Å². The molecule has 1 atom stereocenters. The molecule has 0 spiro atoms. The van der Waals surface area contributed by atoms with Gasteiger partial charge in [0.15, 0.2) is 0 Å². The van der Waals surface area contributed by atoms with Crippen LogP contribution in [0.5, 0.6) is 5.75 Å². The van der Waals surface area contributed by atoms with Gasteiger partial charge in [-0.15, -0.1) is 11.3 Å². The molecule has 2 heterocycles. The van der Waals surface area contributed by atoms with E-state index in [1.807, 2.05) is 24.5 Å². The summed E-state index contributed by atoms with van der Waals surface area (Å²) in [6, 6.07) is 10.5. The third-order valence-corrected chi connectivity index (χ3v) is 4.52. The van der Waals surface area contributed by atoms with E-state index in [1.54, 1.807) is 18.4 Å². The average Bonchev–Trinajstić information content (AvgIpc) is 3.00. The maximum Gasteiger partial charge on any atom is 0.134 e. The SMILES string of the molecule is CCNC(c1sccc1OC)c1cncc2ccccc12. The van der Waals surface area contributed by atoms with E-state index in [0.717, 1.165) is 17.7 Å². The topological polar surface area (TPSA) is 34.1 Å². The Kier molecular flexibility index (Phi) is 4.18. The molecule has 4 heteroatoms. The molecule has 0 saturated heterocycles. The molecule has 21 heavy (non-hydrogen) atoms. The van der Waals surface area contributed by atoms with Crippen LogP contribution in [-0.4, -0.2) is 18.6 Å². The van der Waals surface area contributed by atoms with Crippen LogP contribution in [0, 0.1) is 0 Å². The van der Waals surface area contributed by atoms with Crippen molar-refractivity contribution < 1.29 is 4.74 Å². The van der Waals surface area contributed by atoms with Crippen LogP contribution in [0.1, 0.15) is 23.4 Å². The summed E-state index contributed by atoms with van der Waals surface area (Å²) in [5, 5.41) is 8.02. The van der Waals surface area contributed by atoms with Crippen molar-refractivity contribution in [3.63, 3.8) is 0 Å². The fraction of sp³-hybridized carbons (Fsp3) is 0.235. The highest BCUT2D eigenvalue weighted by Gasteiger charge is 2.21. The van der Waals surface area contributed by atoms with E-state index < -0.39 is 0 Å². The summed E-state index contributed by atoms with van der Waals surface area (Å²) in [7, 11) is 1.72. The van der Waals surface area contributed by atoms with Crippen LogP contribution in [0.4, 0.5) is 0 Å². The standard InChI is InChI=1S/C17H18N2OS/c1-3-19-16(17-15(20-2)8-9-21-17)14-11-18-10-12-6-4-5-7-13(12)14/h4-11,16,19H,3H2,1-2H3. The number of thiophene rings is 1. The van der Waals surface area contributed by atoms with E-state index in [2.05, 4.69) is 40.8 Å². The molecule has 108 valence electrons. The molecule has 1 aromatic carbocycles. The summed E-state index contributed by atoms with van der Waals surface area (Å²) in [5.41, 5.74) is 1.19. The van der Waals surface area contributed by atoms with Crippen molar-refractivity contribution >= 4 is 22.1 Å². The Labute approximate surface area is 128 Å². The third kappa shape index (κ3) is 2.64. The van der Waals surface area contributed by atoms with Gasteiger partial charge in [0.25, 0.3) is 0 Å². The lowest BCUT2D eigenvalue weighted by molar-refractivity contribution is 0.408. The molecule has 0 aliphatic rings. The molecule has 0 amide bonds. The zero-order chi connectivity index (χ0) is 14.7. The number of ether oxygens (including phenoxy) is 1. The Bertz CT molecular complexity index is 733. The van der Waals surface area contributed by atoms with Crippen LogP contribution in [0.15, 0.2) is 48.1 Å². The molecule has 3 aromatic rings. The summed E-state index contributed by atoms with van der Waals surface area (Å²) in [6.45, 7) is 3.00. The highest BCUT2D eigenvalue weighted by atomic mass is 32.1. The van der Waals surface area contributed by atoms with Crippen LogP contribution in [-0.2, 0) is 0 Å². The molecule has 2 aromatic heterocycles. The Morgan fingerprint density at radius 3 is 2.90 bits per heavy atom. The summed E-state index contributed by atoms with van der Waals surface area (Å²) in [4.78, 5) is 5.60. The Morgan fingerprint density at radius 1 is 1.24 bits per heavy atom. The largest absolute Gasteiger partial charge is 0.496 e. The van der Waals surface area contributed by atoms with Gasteiger partial charge in [-0.05, 0) is 23.4 Å². The molecule has 0 aliphatic carbocycles. The first-order valence-corrected chi connectivity index (χ1v) is 7.90. The van der Waals surface area contributed by atoms with E-state index in [4.69, 9.17) is 4.74 Å². The lowest BCUT2D eigenvalue weighted by Crippen LogP contribution is -2.22. The van der Waals surface area contributed by atoms with Gasteiger partial charge >= 0.3 is 0 Å². The molecule has 0 saturated carbocycles. The molecule has 0 aliphatic heterocycles. The molecule has 0 fully saturated rings. The number of methoxy groups -OCH3 is 1. The number of nitrogens with zero attached hydrogens (tertiary/aromatic N) is 1. The van der Waals surface area contributed by atoms with E-state index in [1.165, 1.54) is 15.8 Å². The predicted molar refractivity (Wildman–Crippen MR) is 88.1 cm³/mol. The quantitative estimate of drug-likeness (QED) is 0.773. The minimum atomic E-state index is 0.101. The van der Waals surface area contributed by atoms with E-state index >= 15 is 0 Å². The predicted octanol–water partition coefficient (Wildman–Crippen LogP) is 4.00. The fourth-order valence-corrected chi connectivity index (χ4v) is 3.56. The molecular formula is C17H18N2OS. The number of hydrogen-bond donors (Lipinski definition) is 1. The third-order valence-electron chi connectivity index (χ3n) is 3.56. The Morgan fingerprint density at radius 2 is 2.10 bits per heavy atom. The van der Waals surface area contributed by atoms with Crippen molar-refractivity contribution in [2.45, 2.75) is 13.0 Å². The van der Waals surface area contributed by atoms with Gasteiger partial charge in [0.2, 0.25) is 0 Å². The van der Waals surface area contributed by atoms with Crippen LogP contribution < -0.4 is 10.1 Å². The van der Waals surface area contributed by atoms with Crippen molar-refractivity contribution in [1.29, 1.82) is 0 Å². The number of pyridine rings is 1. The normalized spacial score (nSPS) is 12.5. The first-order valence-electron chi connectivity index (χ1n) is 7.02. The molecule has 0 radical (unpaired) electrons. The van der Waals surface area contributed by atoms with Gasteiger partial charge in [-0.1, -0.05) is 31.2 Å².